The molecule has 3 aromatic rings. The van der Waals surface area contributed by atoms with Crippen LogP contribution in [0, 0.1) is 5.82 Å². The van der Waals surface area contributed by atoms with Crippen LogP contribution in [0.2, 0.25) is 0 Å². The number of imidazole rings is 1. The topological polar surface area (TPSA) is 50.6 Å². The van der Waals surface area contributed by atoms with Gasteiger partial charge in [-0.25, -0.2) is 14.2 Å². The number of fused-ring (bicyclic) bond motifs is 1. The SMILES string of the molecule is C[C@@H]1CN(c2nc3ccccc3n2Cc2cccc(F)c2)CCN1C(=O)OC(C)(C)C. The molecule has 0 bridgehead atoms. The molecule has 6 nitrogen and oxygen atoms in total. The summed E-state index contributed by atoms with van der Waals surface area (Å²) >= 11 is 0. The van der Waals surface area contributed by atoms with Gasteiger partial charge in [0.1, 0.15) is 11.4 Å². The molecule has 1 amide bonds. The highest BCUT2D eigenvalue weighted by molar-refractivity contribution is 5.79. The van der Waals surface area contributed by atoms with E-state index in [1.165, 1.54) is 6.07 Å². The molecule has 2 heterocycles. The summed E-state index contributed by atoms with van der Waals surface area (Å²) in [5.74, 6) is 0.587. The smallest absolute Gasteiger partial charge is 0.410 e. The van der Waals surface area contributed by atoms with E-state index in [9.17, 15) is 9.18 Å². The third kappa shape index (κ3) is 4.65. The maximum absolute atomic E-state index is 13.8. The lowest BCUT2D eigenvalue weighted by Gasteiger charge is -2.40. The number of nitrogens with zero attached hydrogens (tertiary/aromatic N) is 4. The highest BCUT2D eigenvalue weighted by atomic mass is 19.1. The van der Waals surface area contributed by atoms with Gasteiger partial charge in [0.15, 0.2) is 0 Å². The minimum atomic E-state index is -0.521. The summed E-state index contributed by atoms with van der Waals surface area (Å²) in [6.07, 6.45) is -0.284. The zero-order valence-corrected chi connectivity index (χ0v) is 18.5. The van der Waals surface area contributed by atoms with Crippen LogP contribution in [-0.4, -0.2) is 51.8 Å². The fourth-order valence-corrected chi connectivity index (χ4v) is 4.01. The Morgan fingerprint density at radius 2 is 1.94 bits per heavy atom. The highest BCUT2D eigenvalue weighted by Gasteiger charge is 2.32. The second-order valence-electron chi connectivity index (χ2n) is 9.09. The molecule has 0 saturated carbocycles. The minimum absolute atomic E-state index is 0.0222. The fraction of sp³-hybridized carbons (Fsp3) is 0.417. The van der Waals surface area contributed by atoms with Gasteiger partial charge in [-0.2, -0.15) is 0 Å². The minimum Gasteiger partial charge on any atom is -0.444 e. The number of carbonyl (C=O) groups excluding carboxylic acids is 1. The van der Waals surface area contributed by atoms with Crippen LogP contribution in [0.15, 0.2) is 48.5 Å². The molecule has 0 radical (unpaired) electrons. The number of hydrogen-bond acceptors (Lipinski definition) is 4. The van der Waals surface area contributed by atoms with Gasteiger partial charge in [0, 0.05) is 25.7 Å². The standard InChI is InChI=1S/C24H29FN4O2/c1-17-15-27(12-13-28(17)23(30)31-24(2,3)4)22-26-20-10-5-6-11-21(20)29(22)16-18-8-7-9-19(25)14-18/h5-11,14,17H,12-13,15-16H2,1-4H3/t17-/m1/s1. The summed E-state index contributed by atoms with van der Waals surface area (Å²) in [4.78, 5) is 21.4. The normalized spacial score (nSPS) is 17.3. The lowest BCUT2D eigenvalue weighted by atomic mass is 10.2. The predicted octanol–water partition coefficient (Wildman–Crippen LogP) is 4.67. The van der Waals surface area contributed by atoms with Crippen molar-refractivity contribution in [1.82, 2.24) is 14.5 Å². The molecule has 1 aliphatic rings. The lowest BCUT2D eigenvalue weighted by molar-refractivity contribution is 0.0158. The van der Waals surface area contributed by atoms with Crippen molar-refractivity contribution in [2.24, 2.45) is 0 Å². The molecular weight excluding hydrogens is 395 g/mol. The van der Waals surface area contributed by atoms with Gasteiger partial charge in [-0.15, -0.1) is 0 Å². The average Bonchev–Trinajstić information content (AvgIpc) is 3.05. The van der Waals surface area contributed by atoms with E-state index in [1.54, 1.807) is 17.0 Å². The number of halogens is 1. The number of aromatic nitrogens is 2. The number of benzene rings is 2. The number of rotatable bonds is 3. The summed E-state index contributed by atoms with van der Waals surface area (Å²) < 4.78 is 21.5. The zero-order valence-electron chi connectivity index (χ0n) is 18.5. The molecule has 31 heavy (non-hydrogen) atoms. The van der Waals surface area contributed by atoms with Gasteiger partial charge in [0.05, 0.1) is 17.6 Å². The van der Waals surface area contributed by atoms with E-state index in [-0.39, 0.29) is 18.0 Å². The van der Waals surface area contributed by atoms with E-state index in [2.05, 4.69) is 9.47 Å². The van der Waals surface area contributed by atoms with Crippen molar-refractivity contribution in [2.75, 3.05) is 24.5 Å². The number of para-hydroxylation sites is 2. The number of piperazine rings is 1. The first-order chi connectivity index (χ1) is 14.7. The van der Waals surface area contributed by atoms with E-state index in [1.807, 2.05) is 58.0 Å². The molecular formula is C24H29FN4O2. The first-order valence-corrected chi connectivity index (χ1v) is 10.7. The van der Waals surface area contributed by atoms with Crippen LogP contribution >= 0.6 is 0 Å². The summed E-state index contributed by atoms with van der Waals surface area (Å²) in [5, 5.41) is 0. The first kappa shape index (κ1) is 21.2. The van der Waals surface area contributed by atoms with Crippen LogP contribution in [0.3, 0.4) is 0 Å². The molecule has 7 heteroatoms. The third-order valence-corrected chi connectivity index (χ3v) is 5.40. The van der Waals surface area contributed by atoms with E-state index < -0.39 is 5.60 Å². The molecule has 0 spiro atoms. The van der Waals surface area contributed by atoms with Gasteiger partial charge in [-0.05, 0) is 57.5 Å². The Balaban J connectivity index is 1.61. The van der Waals surface area contributed by atoms with E-state index >= 15 is 0 Å². The Morgan fingerprint density at radius 1 is 1.16 bits per heavy atom. The van der Waals surface area contributed by atoms with Gasteiger partial charge in [-0.1, -0.05) is 24.3 Å². The average molecular weight is 425 g/mol. The maximum Gasteiger partial charge on any atom is 0.410 e. The van der Waals surface area contributed by atoms with Crippen molar-refractivity contribution in [3.8, 4) is 0 Å². The molecule has 1 atom stereocenters. The molecule has 164 valence electrons. The summed E-state index contributed by atoms with van der Waals surface area (Å²) in [7, 11) is 0. The maximum atomic E-state index is 13.8. The van der Waals surface area contributed by atoms with E-state index in [0.717, 1.165) is 22.5 Å². The Hall–Kier alpha value is -3.09. The van der Waals surface area contributed by atoms with Crippen LogP contribution in [0.25, 0.3) is 11.0 Å². The van der Waals surface area contributed by atoms with Gasteiger partial charge in [0.25, 0.3) is 0 Å². The van der Waals surface area contributed by atoms with Crippen LogP contribution in [0.5, 0.6) is 0 Å². The predicted molar refractivity (Wildman–Crippen MR) is 120 cm³/mol. The van der Waals surface area contributed by atoms with Gasteiger partial charge < -0.3 is 19.1 Å². The summed E-state index contributed by atoms with van der Waals surface area (Å²) in [5.41, 5.74) is 2.26. The Labute approximate surface area is 182 Å². The monoisotopic (exact) mass is 424 g/mol. The molecule has 2 aromatic carbocycles. The van der Waals surface area contributed by atoms with Crippen molar-refractivity contribution >= 4 is 23.1 Å². The first-order valence-electron chi connectivity index (χ1n) is 10.7. The number of amides is 1. The molecule has 0 aliphatic carbocycles. The van der Waals surface area contributed by atoms with Crippen LogP contribution in [-0.2, 0) is 11.3 Å². The van der Waals surface area contributed by atoms with Crippen molar-refractivity contribution in [3.63, 3.8) is 0 Å². The van der Waals surface area contributed by atoms with Gasteiger partial charge in [0.2, 0.25) is 5.95 Å². The number of ether oxygens (including phenoxy) is 1. The van der Waals surface area contributed by atoms with Crippen molar-refractivity contribution in [2.45, 2.75) is 45.9 Å². The molecule has 1 aromatic heterocycles. The van der Waals surface area contributed by atoms with Gasteiger partial charge in [-0.3, -0.25) is 0 Å². The number of carbonyl (C=O) groups is 1. The molecule has 1 aliphatic heterocycles. The number of anilines is 1. The van der Waals surface area contributed by atoms with Crippen molar-refractivity contribution in [1.29, 1.82) is 0 Å². The largest absolute Gasteiger partial charge is 0.444 e. The van der Waals surface area contributed by atoms with Crippen molar-refractivity contribution < 1.29 is 13.9 Å². The van der Waals surface area contributed by atoms with E-state index in [0.29, 0.717) is 26.2 Å². The van der Waals surface area contributed by atoms with Crippen LogP contribution in [0.4, 0.5) is 15.1 Å². The zero-order chi connectivity index (χ0) is 22.2. The third-order valence-electron chi connectivity index (χ3n) is 5.40. The molecule has 0 N–H and O–H groups in total. The fourth-order valence-electron chi connectivity index (χ4n) is 4.01. The Morgan fingerprint density at radius 3 is 2.65 bits per heavy atom. The quantitative estimate of drug-likeness (QED) is 0.613. The molecule has 0 unspecified atom stereocenters. The summed E-state index contributed by atoms with van der Waals surface area (Å²) in [6, 6.07) is 14.6. The van der Waals surface area contributed by atoms with Crippen molar-refractivity contribution in [3.05, 3.63) is 59.9 Å². The van der Waals surface area contributed by atoms with E-state index in [4.69, 9.17) is 9.72 Å². The highest BCUT2D eigenvalue weighted by Crippen LogP contribution is 2.27. The second kappa shape index (κ2) is 8.21. The lowest BCUT2D eigenvalue weighted by Crippen LogP contribution is -2.55. The molecule has 4 rings (SSSR count). The number of hydrogen-bond donors (Lipinski definition) is 0. The summed E-state index contributed by atoms with van der Waals surface area (Å²) in [6.45, 7) is 10.0. The van der Waals surface area contributed by atoms with Crippen LogP contribution < -0.4 is 4.90 Å². The Kier molecular flexibility index (Phi) is 5.60. The molecule has 1 fully saturated rings. The van der Waals surface area contributed by atoms with Gasteiger partial charge >= 0.3 is 6.09 Å². The second-order valence-corrected chi connectivity index (χ2v) is 9.09. The van der Waals surface area contributed by atoms with Crippen LogP contribution in [0.1, 0.15) is 33.3 Å². The molecule has 1 saturated heterocycles. The Bertz CT molecular complexity index is 1090.